The molecular weight excluding hydrogens is 625 g/mol. The van der Waals surface area contributed by atoms with Gasteiger partial charge in [-0.15, -0.1) is 0 Å². The van der Waals surface area contributed by atoms with Crippen molar-refractivity contribution in [2.45, 2.75) is 34.9 Å². The molecule has 0 aliphatic carbocycles. The highest BCUT2D eigenvalue weighted by atomic mass is 35.6. The zero-order valence-corrected chi connectivity index (χ0v) is 25.8. The number of alkyl halides is 3. The van der Waals surface area contributed by atoms with E-state index in [0.717, 1.165) is 22.3 Å². The summed E-state index contributed by atoms with van der Waals surface area (Å²) in [6.07, 6.45) is -2.83. The molecule has 0 bridgehead atoms. The van der Waals surface area contributed by atoms with Gasteiger partial charge in [0.15, 0.2) is 12.2 Å². The fourth-order valence-corrected chi connectivity index (χ4v) is 4.56. The highest BCUT2D eigenvalue weighted by molar-refractivity contribution is 6.67. The van der Waals surface area contributed by atoms with Crippen LogP contribution in [0.4, 0.5) is 4.79 Å². The second-order valence-corrected chi connectivity index (χ2v) is 12.3. The van der Waals surface area contributed by atoms with Crippen molar-refractivity contribution in [3.63, 3.8) is 0 Å². The lowest BCUT2D eigenvalue weighted by atomic mass is 10.0. The number of hydrogen-bond donors (Lipinski definition) is 1. The van der Waals surface area contributed by atoms with Crippen LogP contribution in [0.3, 0.4) is 0 Å². The quantitative estimate of drug-likeness (QED) is 0.0949. The summed E-state index contributed by atoms with van der Waals surface area (Å²) in [5, 5.41) is 2.45. The molecule has 44 heavy (non-hydrogen) atoms. The van der Waals surface area contributed by atoms with Crippen LogP contribution in [0.5, 0.6) is 0 Å². The number of esters is 2. The van der Waals surface area contributed by atoms with Crippen molar-refractivity contribution in [1.82, 2.24) is 5.32 Å². The third-order valence-corrected chi connectivity index (χ3v) is 6.80. The number of carbonyl (C=O) groups excluding carboxylic acids is 3. The molecule has 4 rings (SSSR count). The molecule has 1 amide bonds. The van der Waals surface area contributed by atoms with Gasteiger partial charge >= 0.3 is 18.0 Å². The summed E-state index contributed by atoms with van der Waals surface area (Å²) in [5.74, 6) is -1.37. The molecule has 0 saturated heterocycles. The molecule has 0 unspecified atom stereocenters. The Morgan fingerprint density at radius 2 is 1.00 bits per heavy atom. The van der Waals surface area contributed by atoms with Gasteiger partial charge in [0.25, 0.3) is 0 Å². The second-order valence-electron chi connectivity index (χ2n) is 9.76. The molecule has 0 aromatic heterocycles. The molecule has 0 radical (unpaired) electrons. The van der Waals surface area contributed by atoms with E-state index < -0.39 is 46.7 Å². The van der Waals surface area contributed by atoms with E-state index in [1.807, 2.05) is 121 Å². The Morgan fingerprint density at radius 1 is 0.614 bits per heavy atom. The Hall–Kier alpha value is -4.04. The maximum Gasteiger partial charge on any atom is 0.407 e. The summed E-state index contributed by atoms with van der Waals surface area (Å²) in [7, 11) is 0. The lowest BCUT2D eigenvalue weighted by Crippen LogP contribution is -2.43. The van der Waals surface area contributed by atoms with Gasteiger partial charge in [0.2, 0.25) is 3.79 Å². The molecule has 228 valence electrons. The van der Waals surface area contributed by atoms with Gasteiger partial charge in [0.05, 0.1) is 0 Å². The van der Waals surface area contributed by atoms with Crippen LogP contribution in [-0.4, -0.2) is 34.5 Å². The van der Waals surface area contributed by atoms with Crippen molar-refractivity contribution in [1.29, 1.82) is 0 Å². The van der Waals surface area contributed by atoms with Crippen molar-refractivity contribution < 1.29 is 28.6 Å². The Labute approximate surface area is 271 Å². The minimum atomic E-state index is -1.85. The van der Waals surface area contributed by atoms with Gasteiger partial charge in [0, 0.05) is 6.42 Å². The molecule has 0 aliphatic rings. The summed E-state index contributed by atoms with van der Waals surface area (Å²) in [4.78, 5) is 39.3. The summed E-state index contributed by atoms with van der Waals surface area (Å²) in [6.45, 7) is -0.556. The molecular formula is C34H30Cl3NO6. The first-order valence-electron chi connectivity index (χ1n) is 13.8. The Bertz CT molecular complexity index is 1410. The summed E-state index contributed by atoms with van der Waals surface area (Å²) < 4.78 is 15.0. The van der Waals surface area contributed by atoms with Gasteiger partial charge in [-0.2, -0.15) is 0 Å². The molecule has 0 spiro atoms. The fourth-order valence-electron chi connectivity index (χ4n) is 4.40. The molecule has 4 aromatic rings. The minimum absolute atomic E-state index is 0.146. The third-order valence-electron chi connectivity index (χ3n) is 6.47. The molecule has 7 nitrogen and oxygen atoms in total. The topological polar surface area (TPSA) is 90.9 Å². The predicted molar refractivity (Wildman–Crippen MR) is 169 cm³/mol. The average Bonchev–Trinajstić information content (AvgIpc) is 3.04. The first kappa shape index (κ1) is 32.9. The molecule has 1 atom stereocenters. The monoisotopic (exact) mass is 653 g/mol. The molecule has 0 saturated carbocycles. The second kappa shape index (κ2) is 16.1. The van der Waals surface area contributed by atoms with Gasteiger partial charge < -0.3 is 19.5 Å². The standard InChI is InChI=1S/C34H30Cl3NO6/c35-34(36,37)23-42-33(41)38-28(32(40)44-31(26-17-9-3-10-18-26)27-19-11-4-12-20-27)21-22-29(39)43-30(24-13-5-1-6-14-24)25-15-7-2-8-16-25/h1-20,28,30-31H,21-23H2,(H,38,41)/t28-/m0/s1. The first-order valence-corrected chi connectivity index (χ1v) is 14.9. The number of nitrogens with one attached hydrogen (secondary N) is 1. The van der Waals surface area contributed by atoms with Crippen LogP contribution in [-0.2, 0) is 23.8 Å². The highest BCUT2D eigenvalue weighted by Crippen LogP contribution is 2.29. The maximum atomic E-state index is 13.6. The number of hydrogen-bond acceptors (Lipinski definition) is 6. The number of carbonyl (C=O) groups is 3. The summed E-state index contributed by atoms with van der Waals surface area (Å²) in [6, 6.07) is 35.6. The third kappa shape index (κ3) is 10.3. The Balaban J connectivity index is 1.51. The Kier molecular flexibility index (Phi) is 12.1. The Morgan fingerprint density at radius 3 is 1.39 bits per heavy atom. The smallest absolute Gasteiger partial charge is 0.407 e. The van der Waals surface area contributed by atoms with E-state index in [2.05, 4.69) is 5.32 Å². The molecule has 0 fully saturated rings. The largest absolute Gasteiger partial charge is 0.453 e. The van der Waals surface area contributed by atoms with Gasteiger partial charge in [-0.05, 0) is 28.7 Å². The van der Waals surface area contributed by atoms with E-state index in [-0.39, 0.29) is 12.8 Å². The van der Waals surface area contributed by atoms with Gasteiger partial charge in [0.1, 0.15) is 12.6 Å². The summed E-state index contributed by atoms with van der Waals surface area (Å²) in [5.41, 5.74) is 3.00. The zero-order chi connectivity index (χ0) is 31.4. The number of amides is 1. The van der Waals surface area contributed by atoms with Crippen LogP contribution in [0.25, 0.3) is 0 Å². The van der Waals surface area contributed by atoms with E-state index in [9.17, 15) is 14.4 Å². The summed E-state index contributed by atoms with van der Waals surface area (Å²) >= 11 is 17.1. The number of ether oxygens (including phenoxy) is 3. The normalized spacial score (nSPS) is 11.9. The van der Waals surface area contributed by atoms with E-state index in [1.165, 1.54) is 0 Å². The van der Waals surface area contributed by atoms with Crippen molar-refractivity contribution >= 4 is 52.8 Å². The van der Waals surface area contributed by atoms with Gasteiger partial charge in [-0.3, -0.25) is 4.79 Å². The lowest BCUT2D eigenvalue weighted by Gasteiger charge is -2.24. The van der Waals surface area contributed by atoms with Crippen molar-refractivity contribution in [2.75, 3.05) is 6.61 Å². The van der Waals surface area contributed by atoms with Crippen LogP contribution >= 0.6 is 34.8 Å². The molecule has 0 heterocycles. The van der Waals surface area contributed by atoms with E-state index in [1.54, 1.807) is 0 Å². The van der Waals surface area contributed by atoms with E-state index in [4.69, 9.17) is 49.0 Å². The number of halogens is 3. The van der Waals surface area contributed by atoms with Gasteiger partial charge in [-0.1, -0.05) is 156 Å². The molecule has 0 aliphatic heterocycles. The van der Waals surface area contributed by atoms with Crippen molar-refractivity contribution in [2.24, 2.45) is 0 Å². The zero-order valence-electron chi connectivity index (χ0n) is 23.5. The number of rotatable bonds is 12. The molecule has 10 heteroatoms. The van der Waals surface area contributed by atoms with Gasteiger partial charge in [-0.25, -0.2) is 9.59 Å². The predicted octanol–water partition coefficient (Wildman–Crippen LogP) is 7.90. The maximum absolute atomic E-state index is 13.6. The van der Waals surface area contributed by atoms with Crippen LogP contribution in [0.1, 0.15) is 47.3 Å². The van der Waals surface area contributed by atoms with Crippen LogP contribution in [0, 0.1) is 0 Å². The van der Waals surface area contributed by atoms with Crippen LogP contribution in [0.2, 0.25) is 0 Å². The molecule has 1 N–H and O–H groups in total. The fraction of sp³-hybridized carbons (Fsp3) is 0.206. The average molecular weight is 655 g/mol. The highest BCUT2D eigenvalue weighted by Gasteiger charge is 2.30. The van der Waals surface area contributed by atoms with Crippen molar-refractivity contribution in [3.8, 4) is 0 Å². The number of benzene rings is 4. The number of alkyl carbamates (subject to hydrolysis) is 1. The first-order chi connectivity index (χ1) is 21.2. The molecule has 4 aromatic carbocycles. The van der Waals surface area contributed by atoms with Crippen LogP contribution in [0.15, 0.2) is 121 Å². The SMILES string of the molecule is O=C(CC[C@H](NC(=O)OCC(Cl)(Cl)Cl)C(=O)OC(c1ccccc1)c1ccccc1)OC(c1ccccc1)c1ccccc1. The van der Waals surface area contributed by atoms with Crippen molar-refractivity contribution in [3.05, 3.63) is 144 Å². The van der Waals surface area contributed by atoms with E-state index in [0.29, 0.717) is 0 Å². The minimum Gasteiger partial charge on any atom is -0.453 e. The van der Waals surface area contributed by atoms with Crippen LogP contribution < -0.4 is 5.32 Å². The van der Waals surface area contributed by atoms with E-state index >= 15 is 0 Å². The lowest BCUT2D eigenvalue weighted by molar-refractivity contribution is -0.151.